The number of carbonyl (C=O) groups is 1. The molecule has 3 aromatic rings. The summed E-state index contributed by atoms with van der Waals surface area (Å²) in [6, 6.07) is 14.0. The van der Waals surface area contributed by atoms with Crippen molar-refractivity contribution < 1.29 is 9.00 Å². The summed E-state index contributed by atoms with van der Waals surface area (Å²) in [7, 11) is 4.05. The second-order valence-corrected chi connectivity index (χ2v) is 7.22. The van der Waals surface area contributed by atoms with E-state index in [1.54, 1.807) is 48.7 Å². The van der Waals surface area contributed by atoms with Crippen molar-refractivity contribution in [1.82, 2.24) is 4.98 Å². The Labute approximate surface area is 150 Å². The van der Waals surface area contributed by atoms with Crippen molar-refractivity contribution in [3.8, 4) is 0 Å². The predicted octanol–water partition coefficient (Wildman–Crippen LogP) is 4.33. The average molecular weight is 379 g/mol. The minimum atomic E-state index is -1.71. The maximum atomic E-state index is 12.3. The molecule has 122 valence electrons. The highest BCUT2D eigenvalue weighted by Crippen LogP contribution is 2.27. The first-order valence-corrected chi connectivity index (χ1v) is 9.40. The molecule has 0 aliphatic rings. The van der Waals surface area contributed by atoms with Gasteiger partial charge in [0.1, 0.15) is 10.0 Å². The van der Waals surface area contributed by atoms with Crippen LogP contribution in [0.2, 0.25) is 5.02 Å². The molecule has 2 aromatic carbocycles. The van der Waals surface area contributed by atoms with E-state index in [1.165, 1.54) is 0 Å². The third kappa shape index (κ3) is 3.75. The number of benzene rings is 2. The summed E-state index contributed by atoms with van der Waals surface area (Å²) in [4.78, 5) is 16.9. The largest absolute Gasteiger partial charge is 0.326 e. The molecule has 24 heavy (non-hydrogen) atoms. The van der Waals surface area contributed by atoms with Crippen LogP contribution in [0.25, 0.3) is 10.9 Å². The van der Waals surface area contributed by atoms with Crippen molar-refractivity contribution in [3.63, 3.8) is 0 Å². The number of pyridine rings is 1. The average Bonchev–Trinajstić information content (AvgIpc) is 2.56. The van der Waals surface area contributed by atoms with Gasteiger partial charge in [-0.2, -0.15) is 0 Å². The second-order valence-electron chi connectivity index (χ2n) is 5.08. The van der Waals surface area contributed by atoms with Crippen LogP contribution in [0, 0.1) is 0 Å². The number of anilines is 1. The fourth-order valence-corrected chi connectivity index (χ4v) is 3.52. The van der Waals surface area contributed by atoms with Crippen molar-refractivity contribution in [1.29, 1.82) is 0 Å². The van der Waals surface area contributed by atoms with E-state index < -0.39 is 10.0 Å². The Morgan fingerprint density at radius 3 is 2.71 bits per heavy atom. The monoisotopic (exact) mass is 378 g/mol. The molecule has 1 amide bonds. The lowest BCUT2D eigenvalue weighted by atomic mass is 10.1. The Balaban J connectivity index is 1.88. The van der Waals surface area contributed by atoms with E-state index in [1.807, 2.05) is 6.07 Å². The maximum Gasteiger partial charge on any atom is 0.228 e. The number of amides is 1. The molecule has 0 aliphatic carbocycles. The van der Waals surface area contributed by atoms with Crippen molar-refractivity contribution in [2.45, 2.75) is 11.3 Å². The van der Waals surface area contributed by atoms with E-state index in [9.17, 15) is 9.00 Å². The molecule has 0 bridgehead atoms. The molecule has 1 unspecified atom stereocenters. The van der Waals surface area contributed by atoms with Gasteiger partial charge in [0, 0.05) is 22.3 Å². The Morgan fingerprint density at radius 1 is 1.17 bits per heavy atom. The Hall–Kier alpha value is -1.95. The summed E-state index contributed by atoms with van der Waals surface area (Å²) in [5, 5.41) is 4.00. The molecule has 0 fully saturated rings. The van der Waals surface area contributed by atoms with Crippen LogP contribution < -0.4 is 5.32 Å². The number of fused-ring (bicyclic) bond motifs is 1. The van der Waals surface area contributed by atoms with Crippen molar-refractivity contribution in [3.05, 3.63) is 65.3 Å². The number of hydrogen-bond donors (Lipinski definition) is 1. The topological polar surface area (TPSA) is 59.1 Å². The zero-order valence-electron chi connectivity index (χ0n) is 12.3. The molecule has 3 rings (SSSR count). The lowest BCUT2D eigenvalue weighted by Gasteiger charge is -2.09. The number of nitrogens with one attached hydrogen (secondary N) is 1. The molecule has 1 heterocycles. The minimum Gasteiger partial charge on any atom is -0.326 e. The Bertz CT molecular complexity index is 947. The number of hydrogen-bond acceptors (Lipinski definition) is 3. The molecular weight excluding hydrogens is 367 g/mol. The third-order valence-corrected chi connectivity index (χ3v) is 5.00. The highest BCUT2D eigenvalue weighted by Gasteiger charge is 2.12. The normalized spacial score (nSPS) is 12.1. The first-order chi connectivity index (χ1) is 11.5. The van der Waals surface area contributed by atoms with E-state index in [0.717, 1.165) is 5.56 Å². The number of halogens is 2. The summed E-state index contributed by atoms with van der Waals surface area (Å²) in [6.45, 7) is 0. The van der Waals surface area contributed by atoms with Gasteiger partial charge in [0.2, 0.25) is 5.91 Å². The Kier molecular flexibility index (Phi) is 5.14. The number of aromatic nitrogens is 1. The first kappa shape index (κ1) is 16.9. The second kappa shape index (κ2) is 7.30. The van der Waals surface area contributed by atoms with E-state index in [4.69, 9.17) is 22.3 Å². The van der Waals surface area contributed by atoms with Gasteiger partial charge in [0.05, 0.1) is 16.8 Å². The van der Waals surface area contributed by atoms with Crippen LogP contribution in [0.4, 0.5) is 5.69 Å². The zero-order valence-corrected chi connectivity index (χ0v) is 14.7. The first-order valence-electron chi connectivity index (χ1n) is 7.04. The molecule has 0 saturated carbocycles. The molecule has 4 nitrogen and oxygen atoms in total. The Morgan fingerprint density at radius 2 is 1.96 bits per heavy atom. The molecule has 1 aromatic heterocycles. The van der Waals surface area contributed by atoms with Gasteiger partial charge >= 0.3 is 0 Å². The van der Waals surface area contributed by atoms with Gasteiger partial charge in [-0.05, 0) is 40.5 Å². The molecule has 0 saturated heterocycles. The quantitative estimate of drug-likeness (QED) is 0.687. The van der Waals surface area contributed by atoms with Crippen LogP contribution in [0.1, 0.15) is 5.56 Å². The van der Waals surface area contributed by atoms with Gasteiger partial charge in [-0.25, -0.2) is 4.21 Å². The summed E-state index contributed by atoms with van der Waals surface area (Å²) in [6.07, 6.45) is 1.76. The van der Waals surface area contributed by atoms with Crippen molar-refractivity contribution >= 4 is 54.8 Å². The fourth-order valence-electron chi connectivity index (χ4n) is 2.37. The van der Waals surface area contributed by atoms with Gasteiger partial charge in [-0.15, -0.1) is 0 Å². The highest BCUT2D eigenvalue weighted by molar-refractivity contribution is 8.08. The van der Waals surface area contributed by atoms with Crippen LogP contribution in [-0.4, -0.2) is 15.1 Å². The lowest BCUT2D eigenvalue weighted by molar-refractivity contribution is -0.115. The highest BCUT2D eigenvalue weighted by atomic mass is 35.7. The smallest absolute Gasteiger partial charge is 0.228 e. The van der Waals surface area contributed by atoms with E-state index in [0.29, 0.717) is 26.5 Å². The van der Waals surface area contributed by atoms with Crippen LogP contribution >= 0.6 is 22.3 Å². The predicted molar refractivity (Wildman–Crippen MR) is 97.8 cm³/mol. The summed E-state index contributed by atoms with van der Waals surface area (Å²) in [5.41, 5.74) is 1.83. The van der Waals surface area contributed by atoms with Crippen LogP contribution in [0.5, 0.6) is 0 Å². The van der Waals surface area contributed by atoms with E-state index in [-0.39, 0.29) is 12.3 Å². The van der Waals surface area contributed by atoms with Crippen molar-refractivity contribution in [2.75, 3.05) is 5.32 Å². The lowest BCUT2D eigenvalue weighted by Crippen LogP contribution is -2.14. The van der Waals surface area contributed by atoms with Crippen LogP contribution in [0.15, 0.2) is 59.6 Å². The molecular formula is C17H12Cl2N2O2S. The standard InChI is InChI=1S/C17H12Cl2N2O2S/c18-14-6-2-1-4-11(14)8-17(22)21-12-9-15-13(5-3-7-20-15)16(10-12)24(19)23/h1-7,9-10H,8H2,(H,21,22). The molecule has 0 spiro atoms. The summed E-state index contributed by atoms with van der Waals surface area (Å²) in [5.74, 6) is -0.232. The summed E-state index contributed by atoms with van der Waals surface area (Å²) < 4.78 is 11.8. The minimum absolute atomic E-state index is 0.138. The van der Waals surface area contributed by atoms with Crippen LogP contribution in [0.3, 0.4) is 0 Å². The fraction of sp³-hybridized carbons (Fsp3) is 0.0588. The van der Waals surface area contributed by atoms with Gasteiger partial charge in [0.25, 0.3) is 0 Å². The van der Waals surface area contributed by atoms with Gasteiger partial charge in [-0.3, -0.25) is 9.78 Å². The van der Waals surface area contributed by atoms with Gasteiger partial charge < -0.3 is 5.32 Å². The third-order valence-electron chi connectivity index (χ3n) is 3.45. The van der Waals surface area contributed by atoms with Gasteiger partial charge in [0.15, 0.2) is 0 Å². The molecule has 0 radical (unpaired) electrons. The maximum absolute atomic E-state index is 12.3. The zero-order chi connectivity index (χ0) is 17.1. The number of rotatable bonds is 4. The number of nitrogens with zero attached hydrogens (tertiary/aromatic N) is 1. The molecule has 1 N–H and O–H groups in total. The SMILES string of the molecule is O=C(Cc1ccccc1Cl)Nc1cc(S(=O)Cl)c2cccnc2c1. The molecule has 0 aliphatic heterocycles. The number of carbonyl (C=O) groups excluding carboxylic acids is 1. The van der Waals surface area contributed by atoms with E-state index in [2.05, 4.69) is 10.3 Å². The van der Waals surface area contributed by atoms with Gasteiger partial charge in [-0.1, -0.05) is 35.9 Å². The van der Waals surface area contributed by atoms with E-state index >= 15 is 0 Å². The molecule has 7 heteroatoms. The van der Waals surface area contributed by atoms with Crippen LogP contribution in [-0.2, 0) is 21.2 Å². The molecule has 1 atom stereocenters. The summed E-state index contributed by atoms with van der Waals surface area (Å²) >= 11 is 6.07. The van der Waals surface area contributed by atoms with Crippen molar-refractivity contribution in [2.24, 2.45) is 0 Å².